The third-order valence-electron chi connectivity index (χ3n) is 3.94. The lowest BCUT2D eigenvalue weighted by molar-refractivity contribution is 0.0924. The fraction of sp³-hybridized carbons (Fsp3) is 0.375. The molecule has 1 aliphatic heterocycles. The molecule has 4 rings (SSSR count). The van der Waals surface area contributed by atoms with Crippen molar-refractivity contribution in [2.75, 3.05) is 6.54 Å². The molecule has 1 saturated carbocycles. The molecule has 5 nitrogen and oxygen atoms in total. The molecule has 2 aromatic rings. The lowest BCUT2D eigenvalue weighted by Gasteiger charge is -2.10. The Morgan fingerprint density at radius 1 is 1.33 bits per heavy atom. The summed E-state index contributed by atoms with van der Waals surface area (Å²) in [6.07, 6.45) is 3.07. The van der Waals surface area contributed by atoms with Gasteiger partial charge in [-0.3, -0.25) is 4.79 Å². The van der Waals surface area contributed by atoms with Gasteiger partial charge in [-0.05, 0) is 24.5 Å². The van der Waals surface area contributed by atoms with Crippen LogP contribution in [0.1, 0.15) is 40.6 Å². The topological polar surface area (TPSA) is 64.4 Å². The van der Waals surface area contributed by atoms with Gasteiger partial charge in [0.15, 0.2) is 5.69 Å². The average molecular weight is 284 g/mol. The number of rotatable bonds is 4. The molecular weight excluding hydrogens is 268 g/mol. The highest BCUT2D eigenvalue weighted by Gasteiger charge is 2.29. The van der Waals surface area contributed by atoms with Crippen LogP contribution < -0.4 is 10.1 Å². The molecule has 1 N–H and O–H groups in total. The van der Waals surface area contributed by atoms with Crippen LogP contribution in [0, 0.1) is 0 Å². The molecule has 1 aromatic heterocycles. The molecule has 0 radical (unpaired) electrons. The molecule has 0 saturated heterocycles. The summed E-state index contributed by atoms with van der Waals surface area (Å²) in [5.74, 6) is 2.00. The second-order valence-electron chi connectivity index (χ2n) is 5.65. The fourth-order valence-electron chi connectivity index (χ4n) is 2.62. The quantitative estimate of drug-likeness (QED) is 0.935. The first-order valence-electron chi connectivity index (χ1n) is 7.29. The molecule has 1 aromatic carbocycles. The number of aromatic nitrogens is 1. The Morgan fingerprint density at radius 2 is 2.19 bits per heavy atom. The molecule has 0 unspecified atom stereocenters. The van der Waals surface area contributed by atoms with Gasteiger partial charge >= 0.3 is 0 Å². The molecule has 0 spiro atoms. The van der Waals surface area contributed by atoms with Crippen LogP contribution in [0.3, 0.4) is 0 Å². The highest BCUT2D eigenvalue weighted by atomic mass is 16.5. The zero-order valence-corrected chi connectivity index (χ0v) is 11.5. The third kappa shape index (κ3) is 2.51. The molecule has 1 aliphatic carbocycles. The van der Waals surface area contributed by atoms with Crippen LogP contribution in [-0.4, -0.2) is 23.7 Å². The monoisotopic (exact) mass is 284 g/mol. The van der Waals surface area contributed by atoms with Crippen molar-refractivity contribution < 1.29 is 14.1 Å². The van der Waals surface area contributed by atoms with E-state index >= 15 is 0 Å². The van der Waals surface area contributed by atoms with Gasteiger partial charge in [0.25, 0.3) is 5.91 Å². The summed E-state index contributed by atoms with van der Waals surface area (Å²) in [5, 5.41) is 6.70. The van der Waals surface area contributed by atoms with Gasteiger partial charge in [-0.2, -0.15) is 0 Å². The Labute approximate surface area is 122 Å². The number of amides is 1. The maximum Gasteiger partial charge on any atom is 0.273 e. The van der Waals surface area contributed by atoms with E-state index in [0.717, 1.165) is 30.8 Å². The Balaban J connectivity index is 1.33. The molecule has 1 amide bonds. The van der Waals surface area contributed by atoms with Crippen LogP contribution >= 0.6 is 0 Å². The zero-order chi connectivity index (χ0) is 14.2. The van der Waals surface area contributed by atoms with Crippen molar-refractivity contribution in [2.24, 2.45) is 0 Å². The molecule has 21 heavy (non-hydrogen) atoms. The summed E-state index contributed by atoms with van der Waals surface area (Å²) < 4.78 is 11.0. The summed E-state index contributed by atoms with van der Waals surface area (Å²) in [6.45, 7) is 0.471. The Bertz CT molecular complexity index is 651. The van der Waals surface area contributed by atoms with Gasteiger partial charge in [0.05, 0.1) is 6.54 Å². The van der Waals surface area contributed by atoms with Crippen molar-refractivity contribution in [3.63, 3.8) is 0 Å². The number of hydrogen-bond donors (Lipinski definition) is 1. The summed E-state index contributed by atoms with van der Waals surface area (Å²) in [6, 6.07) is 9.71. The number of para-hydroxylation sites is 1. The number of nitrogens with zero attached hydrogens (tertiary/aromatic N) is 1. The second kappa shape index (κ2) is 4.91. The van der Waals surface area contributed by atoms with Crippen molar-refractivity contribution in [1.82, 2.24) is 10.5 Å². The molecule has 1 fully saturated rings. The Hall–Kier alpha value is -2.30. The Kier molecular flexibility index (Phi) is 2.91. The second-order valence-corrected chi connectivity index (χ2v) is 5.65. The highest BCUT2D eigenvalue weighted by molar-refractivity contribution is 5.92. The average Bonchev–Trinajstić information content (AvgIpc) is 3.09. The molecule has 108 valence electrons. The van der Waals surface area contributed by atoms with Crippen molar-refractivity contribution in [3.8, 4) is 5.75 Å². The molecule has 2 heterocycles. The number of hydrogen-bond acceptors (Lipinski definition) is 4. The first-order chi connectivity index (χ1) is 10.3. The fourth-order valence-corrected chi connectivity index (χ4v) is 2.62. The maximum absolute atomic E-state index is 12.0. The number of ether oxygens (including phenoxy) is 1. The van der Waals surface area contributed by atoms with E-state index in [9.17, 15) is 4.79 Å². The van der Waals surface area contributed by atoms with Crippen LogP contribution in [0.15, 0.2) is 34.9 Å². The van der Waals surface area contributed by atoms with Gasteiger partial charge in [0.1, 0.15) is 17.6 Å². The minimum Gasteiger partial charge on any atom is -0.488 e. The Morgan fingerprint density at radius 3 is 3.00 bits per heavy atom. The van der Waals surface area contributed by atoms with Gasteiger partial charge in [-0.1, -0.05) is 23.4 Å². The lowest BCUT2D eigenvalue weighted by Crippen LogP contribution is -2.34. The van der Waals surface area contributed by atoms with E-state index in [2.05, 4.69) is 16.5 Å². The van der Waals surface area contributed by atoms with Gasteiger partial charge < -0.3 is 14.6 Å². The number of nitrogens with one attached hydrogen (secondary N) is 1. The summed E-state index contributed by atoms with van der Waals surface area (Å²) in [5.41, 5.74) is 1.54. The van der Waals surface area contributed by atoms with Gasteiger partial charge in [0, 0.05) is 18.4 Å². The smallest absolute Gasteiger partial charge is 0.273 e. The van der Waals surface area contributed by atoms with Crippen LogP contribution in [0.2, 0.25) is 0 Å². The molecule has 2 aliphatic rings. The number of carbonyl (C=O) groups excluding carboxylic acids is 1. The first kappa shape index (κ1) is 12.4. The standard InChI is InChI=1S/C16H16N2O3/c19-16(13-8-15(21-18-13)10-5-6-10)17-9-12-7-11-3-1-2-4-14(11)20-12/h1-4,8,10,12H,5-7,9H2,(H,17,19)/t12-/m0/s1. The predicted molar refractivity (Wildman–Crippen MR) is 75.4 cm³/mol. The van der Waals surface area contributed by atoms with E-state index in [4.69, 9.17) is 9.26 Å². The van der Waals surface area contributed by atoms with Gasteiger partial charge in [-0.25, -0.2) is 0 Å². The van der Waals surface area contributed by atoms with Gasteiger partial charge in [0.2, 0.25) is 0 Å². The van der Waals surface area contributed by atoms with Crippen molar-refractivity contribution in [3.05, 3.63) is 47.3 Å². The minimum absolute atomic E-state index is 0.0128. The maximum atomic E-state index is 12.0. The van der Waals surface area contributed by atoms with Crippen molar-refractivity contribution >= 4 is 5.91 Å². The highest BCUT2D eigenvalue weighted by Crippen LogP contribution is 2.40. The molecular formula is C16H16N2O3. The molecule has 1 atom stereocenters. The largest absolute Gasteiger partial charge is 0.488 e. The van der Waals surface area contributed by atoms with Crippen molar-refractivity contribution in [1.29, 1.82) is 0 Å². The molecule has 5 heteroatoms. The van der Waals surface area contributed by atoms with E-state index in [-0.39, 0.29) is 12.0 Å². The van der Waals surface area contributed by atoms with E-state index in [1.807, 2.05) is 18.2 Å². The zero-order valence-electron chi connectivity index (χ0n) is 11.5. The van der Waals surface area contributed by atoms with Crippen molar-refractivity contribution in [2.45, 2.75) is 31.3 Å². The summed E-state index contributed by atoms with van der Waals surface area (Å²) in [7, 11) is 0. The van der Waals surface area contributed by atoms with E-state index in [1.54, 1.807) is 6.07 Å². The molecule has 0 bridgehead atoms. The summed E-state index contributed by atoms with van der Waals surface area (Å²) in [4.78, 5) is 12.0. The van der Waals surface area contributed by atoms with Crippen LogP contribution in [0.25, 0.3) is 0 Å². The third-order valence-corrected chi connectivity index (χ3v) is 3.94. The number of benzene rings is 1. The normalized spacial score (nSPS) is 19.9. The number of fused-ring (bicyclic) bond motifs is 1. The SMILES string of the molecule is O=C(NC[C@@H]1Cc2ccccc2O1)c1cc(C2CC2)on1. The van der Waals surface area contributed by atoms with E-state index in [0.29, 0.717) is 18.2 Å². The van der Waals surface area contributed by atoms with Crippen LogP contribution in [-0.2, 0) is 6.42 Å². The van der Waals surface area contributed by atoms with E-state index in [1.165, 1.54) is 5.56 Å². The summed E-state index contributed by atoms with van der Waals surface area (Å²) >= 11 is 0. The number of carbonyl (C=O) groups is 1. The lowest BCUT2D eigenvalue weighted by atomic mass is 10.1. The van der Waals surface area contributed by atoms with Crippen LogP contribution in [0.5, 0.6) is 5.75 Å². The van der Waals surface area contributed by atoms with Crippen LogP contribution in [0.4, 0.5) is 0 Å². The first-order valence-corrected chi connectivity index (χ1v) is 7.29. The minimum atomic E-state index is -0.204. The van der Waals surface area contributed by atoms with E-state index < -0.39 is 0 Å². The van der Waals surface area contributed by atoms with Gasteiger partial charge in [-0.15, -0.1) is 0 Å². The predicted octanol–water partition coefficient (Wildman–Crippen LogP) is 2.29.